The minimum absolute atomic E-state index is 0.151. The Balaban J connectivity index is 1.63. The molecule has 0 aromatic heterocycles. The molecule has 0 saturated carbocycles. The Morgan fingerprint density at radius 3 is 2.29 bits per heavy atom. The first kappa shape index (κ1) is 14.4. The Morgan fingerprint density at radius 2 is 1.58 bits per heavy atom. The highest BCUT2D eigenvalue weighted by atomic mass is 32.2. The van der Waals surface area contributed by atoms with Gasteiger partial charge in [-0.3, -0.25) is 8.37 Å². The van der Waals surface area contributed by atoms with E-state index in [4.69, 9.17) is 17.8 Å². The van der Waals surface area contributed by atoms with Gasteiger partial charge in [0.15, 0.2) is 11.5 Å². The molecule has 2 aromatic carbocycles. The normalized spacial score (nSPS) is 30.9. The zero-order chi connectivity index (χ0) is 16.1. The van der Waals surface area contributed by atoms with Crippen LogP contribution in [0.15, 0.2) is 48.5 Å². The maximum absolute atomic E-state index is 11.7. The highest BCUT2D eigenvalue weighted by Crippen LogP contribution is 2.48. The van der Waals surface area contributed by atoms with E-state index in [1.54, 1.807) is 0 Å². The molecule has 0 spiro atoms. The molecule has 0 N–H and O–H groups in total. The molecule has 2 fully saturated rings. The standard InChI is InChI=1S/C17H15NO5S/c19-24-22-16-10-20-9-13(17(16)23-24)18-11-5-1-3-7-14(11)21-15-8-4-2-6-12(15)18/h1-8,13,16-17H,9-10H2. The van der Waals surface area contributed by atoms with Gasteiger partial charge in [0, 0.05) is 0 Å². The number of fused-ring (bicyclic) bond motifs is 3. The van der Waals surface area contributed by atoms with Gasteiger partial charge in [0.1, 0.15) is 12.2 Å². The topological polar surface area (TPSA) is 57.2 Å². The number of hydrogen-bond donors (Lipinski definition) is 0. The van der Waals surface area contributed by atoms with Gasteiger partial charge in [0.2, 0.25) is 0 Å². The molecule has 0 aliphatic carbocycles. The summed E-state index contributed by atoms with van der Waals surface area (Å²) in [7, 11) is 0. The largest absolute Gasteiger partial charge is 0.453 e. The van der Waals surface area contributed by atoms with Crippen molar-refractivity contribution in [3.63, 3.8) is 0 Å². The molecule has 0 radical (unpaired) electrons. The van der Waals surface area contributed by atoms with Crippen LogP contribution in [0.3, 0.4) is 0 Å². The fraction of sp³-hybridized carbons (Fsp3) is 0.294. The molecule has 0 amide bonds. The number of hydrogen-bond acceptors (Lipinski definition) is 6. The van der Waals surface area contributed by atoms with Crippen LogP contribution >= 0.6 is 0 Å². The maximum Gasteiger partial charge on any atom is 0.305 e. The van der Waals surface area contributed by atoms with E-state index in [0.717, 1.165) is 22.9 Å². The van der Waals surface area contributed by atoms with Crippen LogP contribution in [0.4, 0.5) is 11.4 Å². The molecule has 7 heteroatoms. The smallest absolute Gasteiger partial charge is 0.305 e. The second kappa shape index (κ2) is 5.56. The molecular weight excluding hydrogens is 330 g/mol. The molecule has 24 heavy (non-hydrogen) atoms. The van der Waals surface area contributed by atoms with Gasteiger partial charge in [-0.2, -0.15) is 4.21 Å². The minimum Gasteiger partial charge on any atom is -0.453 e. The number of ether oxygens (including phenoxy) is 2. The van der Waals surface area contributed by atoms with Crippen LogP contribution in [-0.2, 0) is 24.5 Å². The molecule has 3 aliphatic heterocycles. The average Bonchev–Trinajstić information content (AvgIpc) is 3.00. The molecule has 3 aliphatic rings. The molecule has 124 valence electrons. The highest BCUT2D eigenvalue weighted by molar-refractivity contribution is 7.75. The summed E-state index contributed by atoms with van der Waals surface area (Å²) in [4.78, 5) is 2.15. The Morgan fingerprint density at radius 1 is 0.917 bits per heavy atom. The number of nitrogens with zero attached hydrogens (tertiary/aromatic N) is 1. The summed E-state index contributed by atoms with van der Waals surface area (Å²) in [5.74, 6) is 1.55. The van der Waals surface area contributed by atoms with Crippen molar-refractivity contribution in [1.82, 2.24) is 0 Å². The van der Waals surface area contributed by atoms with Gasteiger partial charge >= 0.3 is 11.4 Å². The van der Waals surface area contributed by atoms with E-state index in [1.165, 1.54) is 0 Å². The van der Waals surface area contributed by atoms with E-state index >= 15 is 0 Å². The molecule has 5 rings (SSSR count). The van der Waals surface area contributed by atoms with Crippen LogP contribution in [-0.4, -0.2) is 35.7 Å². The van der Waals surface area contributed by atoms with Crippen molar-refractivity contribution in [2.75, 3.05) is 18.1 Å². The summed E-state index contributed by atoms with van der Waals surface area (Å²) in [6.45, 7) is 0.852. The van der Waals surface area contributed by atoms with E-state index < -0.39 is 11.4 Å². The average molecular weight is 345 g/mol. The van der Waals surface area contributed by atoms with Gasteiger partial charge in [-0.25, -0.2) is 0 Å². The van der Waals surface area contributed by atoms with Crippen molar-refractivity contribution in [3.05, 3.63) is 48.5 Å². The monoisotopic (exact) mass is 345 g/mol. The zero-order valence-corrected chi connectivity index (χ0v) is 13.5. The summed E-state index contributed by atoms with van der Waals surface area (Å²) in [5, 5.41) is 0. The molecule has 2 aromatic rings. The second-order valence-corrected chi connectivity index (χ2v) is 6.71. The number of benzene rings is 2. The Bertz CT molecular complexity index is 768. The van der Waals surface area contributed by atoms with Crippen LogP contribution in [0.5, 0.6) is 11.5 Å². The lowest BCUT2D eigenvalue weighted by Gasteiger charge is -2.42. The third kappa shape index (κ3) is 2.16. The zero-order valence-electron chi connectivity index (χ0n) is 12.7. The lowest BCUT2D eigenvalue weighted by atomic mass is 9.99. The molecule has 3 heterocycles. The summed E-state index contributed by atoms with van der Waals surface area (Å²) in [5.41, 5.74) is 1.87. The molecule has 2 saturated heterocycles. The van der Waals surface area contributed by atoms with E-state index in [-0.39, 0.29) is 18.2 Å². The fourth-order valence-corrected chi connectivity index (χ4v) is 4.32. The van der Waals surface area contributed by atoms with E-state index in [0.29, 0.717) is 13.2 Å². The van der Waals surface area contributed by atoms with Crippen molar-refractivity contribution in [2.24, 2.45) is 0 Å². The number of anilines is 2. The molecule has 6 nitrogen and oxygen atoms in total. The Kier molecular flexibility index (Phi) is 3.34. The van der Waals surface area contributed by atoms with Gasteiger partial charge in [0.25, 0.3) is 0 Å². The molecular formula is C17H15NO5S. The molecule has 0 bridgehead atoms. The lowest BCUT2D eigenvalue weighted by molar-refractivity contribution is -0.0329. The van der Waals surface area contributed by atoms with Gasteiger partial charge in [-0.05, 0) is 24.3 Å². The summed E-state index contributed by atoms with van der Waals surface area (Å²) < 4.78 is 34.3. The third-order valence-electron chi connectivity index (χ3n) is 4.51. The fourth-order valence-electron chi connectivity index (χ4n) is 3.48. The molecule has 4 atom stereocenters. The number of para-hydroxylation sites is 4. The van der Waals surface area contributed by atoms with Crippen LogP contribution in [0.25, 0.3) is 0 Å². The van der Waals surface area contributed by atoms with Crippen LogP contribution in [0.2, 0.25) is 0 Å². The van der Waals surface area contributed by atoms with Crippen molar-refractivity contribution >= 4 is 22.7 Å². The first-order valence-corrected chi connectivity index (χ1v) is 8.80. The Hall–Kier alpha value is -1.93. The van der Waals surface area contributed by atoms with Crippen molar-refractivity contribution in [3.8, 4) is 11.5 Å². The summed E-state index contributed by atoms with van der Waals surface area (Å²) >= 11 is -1.72. The predicted molar refractivity (Wildman–Crippen MR) is 87.6 cm³/mol. The first-order chi connectivity index (χ1) is 11.8. The van der Waals surface area contributed by atoms with Crippen LogP contribution in [0.1, 0.15) is 0 Å². The van der Waals surface area contributed by atoms with E-state index in [2.05, 4.69) is 4.90 Å². The van der Waals surface area contributed by atoms with E-state index in [9.17, 15) is 4.21 Å². The van der Waals surface area contributed by atoms with Crippen molar-refractivity contribution in [1.29, 1.82) is 0 Å². The summed E-state index contributed by atoms with van der Waals surface area (Å²) in [6.07, 6.45) is -0.648. The quantitative estimate of drug-likeness (QED) is 0.792. The lowest BCUT2D eigenvalue weighted by Crippen LogP contribution is -2.54. The third-order valence-corrected chi connectivity index (χ3v) is 5.29. The number of rotatable bonds is 1. The van der Waals surface area contributed by atoms with Gasteiger partial charge < -0.3 is 14.4 Å². The van der Waals surface area contributed by atoms with Gasteiger partial charge in [-0.15, -0.1) is 0 Å². The predicted octanol–water partition coefficient (Wildman–Crippen LogP) is 2.69. The first-order valence-electron chi connectivity index (χ1n) is 7.80. The van der Waals surface area contributed by atoms with Gasteiger partial charge in [0.05, 0.1) is 30.6 Å². The SMILES string of the molecule is O=S1OC2COCC(N3c4ccccc4Oc4ccccc43)C2O1. The summed E-state index contributed by atoms with van der Waals surface area (Å²) in [6, 6.07) is 15.5. The minimum atomic E-state index is -1.72. The van der Waals surface area contributed by atoms with Crippen LogP contribution < -0.4 is 9.64 Å². The van der Waals surface area contributed by atoms with Crippen LogP contribution in [0, 0.1) is 0 Å². The maximum atomic E-state index is 11.7. The second-order valence-electron chi connectivity index (χ2n) is 5.91. The molecule has 4 unspecified atom stereocenters. The van der Waals surface area contributed by atoms with Gasteiger partial charge in [-0.1, -0.05) is 24.3 Å². The Labute approximate surface area is 141 Å². The highest BCUT2D eigenvalue weighted by Gasteiger charge is 2.48. The van der Waals surface area contributed by atoms with E-state index in [1.807, 2.05) is 48.5 Å². The van der Waals surface area contributed by atoms with Crippen molar-refractivity contribution in [2.45, 2.75) is 18.2 Å². The van der Waals surface area contributed by atoms with Crippen molar-refractivity contribution < 1.29 is 22.0 Å².